The van der Waals surface area contributed by atoms with Crippen molar-refractivity contribution in [2.24, 2.45) is 0 Å². The van der Waals surface area contributed by atoms with E-state index in [0.717, 1.165) is 6.08 Å². The van der Waals surface area contributed by atoms with Gasteiger partial charge in [0.2, 0.25) is 0 Å². The largest absolute Gasteiger partial charge is 0.460 e. The topological polar surface area (TPSA) is 65.1 Å². The van der Waals surface area contributed by atoms with E-state index in [0.29, 0.717) is 13.2 Å². The Morgan fingerprint density at radius 3 is 2.21 bits per heavy atom. The number of benzene rings is 2. The zero-order chi connectivity index (χ0) is 20.6. The van der Waals surface area contributed by atoms with E-state index in [1.165, 1.54) is 27.2 Å². The summed E-state index contributed by atoms with van der Waals surface area (Å²) >= 11 is 0. The molecule has 0 saturated heterocycles. The van der Waals surface area contributed by atoms with Gasteiger partial charge in [0.15, 0.2) is 0 Å². The fourth-order valence-electron chi connectivity index (χ4n) is 3.36. The van der Waals surface area contributed by atoms with E-state index in [1.54, 1.807) is 7.05 Å². The van der Waals surface area contributed by atoms with Gasteiger partial charge in [-0.1, -0.05) is 55.1 Å². The monoisotopic (exact) mass is 395 g/mol. The fraction of sp³-hybridized carbons (Fsp3) is 0.304. The zero-order valence-electron chi connectivity index (χ0n) is 16.5. The van der Waals surface area contributed by atoms with Gasteiger partial charge in [0.25, 0.3) is 0 Å². The molecule has 6 heteroatoms. The number of hydrogen-bond donors (Lipinski definition) is 0. The summed E-state index contributed by atoms with van der Waals surface area (Å²) in [6, 6.07) is 16.4. The first kappa shape index (κ1) is 20.6. The van der Waals surface area contributed by atoms with E-state index < -0.39 is 12.1 Å². The second kappa shape index (κ2) is 9.89. The summed E-state index contributed by atoms with van der Waals surface area (Å²) in [5, 5.41) is 0. The molecule has 1 aliphatic rings. The van der Waals surface area contributed by atoms with Crippen LogP contribution in [0.4, 0.5) is 4.79 Å². The number of fused-ring (bicyclic) bond motifs is 3. The van der Waals surface area contributed by atoms with Crippen LogP contribution in [-0.4, -0.2) is 57.0 Å². The smallest absolute Gasteiger partial charge is 0.409 e. The number of carbonyl (C=O) groups is 2. The van der Waals surface area contributed by atoms with E-state index in [2.05, 4.69) is 30.8 Å². The molecule has 0 N–H and O–H groups in total. The minimum absolute atomic E-state index is 0.0375. The van der Waals surface area contributed by atoms with Crippen LogP contribution in [0.5, 0.6) is 0 Å². The molecule has 1 aliphatic carbocycles. The second-order valence-corrected chi connectivity index (χ2v) is 6.71. The summed E-state index contributed by atoms with van der Waals surface area (Å²) in [5.74, 6) is -0.445. The van der Waals surface area contributed by atoms with Gasteiger partial charge >= 0.3 is 12.1 Å². The lowest BCUT2D eigenvalue weighted by molar-refractivity contribution is -0.139. The molecule has 0 aliphatic heterocycles. The Labute approximate surface area is 170 Å². The summed E-state index contributed by atoms with van der Waals surface area (Å²) in [6.45, 7) is 4.72. The molecule has 0 aromatic heterocycles. The Kier molecular flexibility index (Phi) is 7.03. The van der Waals surface area contributed by atoms with E-state index >= 15 is 0 Å². The highest BCUT2D eigenvalue weighted by molar-refractivity contribution is 5.81. The molecule has 6 nitrogen and oxygen atoms in total. The average molecular weight is 395 g/mol. The average Bonchev–Trinajstić information content (AvgIpc) is 3.07. The molecule has 152 valence electrons. The molecule has 0 heterocycles. The third kappa shape index (κ3) is 5.03. The molecule has 29 heavy (non-hydrogen) atoms. The van der Waals surface area contributed by atoms with Crippen molar-refractivity contribution in [3.05, 3.63) is 72.3 Å². The van der Waals surface area contributed by atoms with Crippen molar-refractivity contribution >= 4 is 12.1 Å². The van der Waals surface area contributed by atoms with Crippen LogP contribution in [-0.2, 0) is 19.0 Å². The van der Waals surface area contributed by atoms with Crippen molar-refractivity contribution in [2.75, 3.05) is 40.0 Å². The van der Waals surface area contributed by atoms with E-state index in [1.807, 2.05) is 24.3 Å². The van der Waals surface area contributed by atoms with Gasteiger partial charge in [-0.2, -0.15) is 0 Å². The summed E-state index contributed by atoms with van der Waals surface area (Å²) in [5.41, 5.74) is 4.76. The van der Waals surface area contributed by atoms with Gasteiger partial charge in [-0.25, -0.2) is 9.59 Å². The summed E-state index contributed by atoms with van der Waals surface area (Å²) in [6.07, 6.45) is 0.707. The molecule has 0 saturated carbocycles. The molecule has 1 amide bonds. The van der Waals surface area contributed by atoms with E-state index in [-0.39, 0.29) is 25.7 Å². The standard InChI is InChI=1S/C23H25NO5/c1-3-22(25)28-15-14-27-13-12-24(2)23(26)29-16-21-19-10-6-4-8-17(19)18-9-5-7-11-20(18)21/h3-11,21H,1,12-16H2,2H3. The highest BCUT2D eigenvalue weighted by Crippen LogP contribution is 2.44. The van der Waals surface area contributed by atoms with Gasteiger partial charge in [-0.15, -0.1) is 0 Å². The molecule has 2 aromatic rings. The fourth-order valence-corrected chi connectivity index (χ4v) is 3.36. The minimum atomic E-state index is -0.482. The van der Waals surface area contributed by atoms with Gasteiger partial charge in [0, 0.05) is 25.6 Å². The Bertz CT molecular complexity index is 834. The molecular weight excluding hydrogens is 370 g/mol. The zero-order valence-corrected chi connectivity index (χ0v) is 16.5. The van der Waals surface area contributed by atoms with Crippen molar-refractivity contribution in [1.82, 2.24) is 4.90 Å². The first-order chi connectivity index (χ1) is 14.1. The maximum atomic E-state index is 12.3. The first-order valence-electron chi connectivity index (χ1n) is 9.55. The van der Waals surface area contributed by atoms with Crippen molar-refractivity contribution < 1.29 is 23.8 Å². The number of likely N-dealkylation sites (N-methyl/N-ethyl adjacent to an activating group) is 1. The first-order valence-corrected chi connectivity index (χ1v) is 9.55. The molecule has 2 aromatic carbocycles. The number of carbonyl (C=O) groups excluding carboxylic acids is 2. The third-order valence-electron chi connectivity index (χ3n) is 4.86. The van der Waals surface area contributed by atoms with Crippen LogP contribution in [0.1, 0.15) is 17.0 Å². The second-order valence-electron chi connectivity index (χ2n) is 6.71. The Balaban J connectivity index is 1.46. The summed E-state index contributed by atoms with van der Waals surface area (Å²) < 4.78 is 15.7. The quantitative estimate of drug-likeness (QED) is 0.369. The summed E-state index contributed by atoms with van der Waals surface area (Å²) in [7, 11) is 1.67. The van der Waals surface area contributed by atoms with E-state index in [4.69, 9.17) is 14.2 Å². The van der Waals surface area contributed by atoms with Crippen molar-refractivity contribution in [2.45, 2.75) is 5.92 Å². The van der Waals surface area contributed by atoms with Gasteiger partial charge < -0.3 is 19.1 Å². The number of rotatable bonds is 9. The molecule has 0 atom stereocenters. The van der Waals surface area contributed by atoms with Crippen LogP contribution >= 0.6 is 0 Å². The number of amides is 1. The predicted octanol–water partition coefficient (Wildman–Crippen LogP) is 3.61. The van der Waals surface area contributed by atoms with Crippen molar-refractivity contribution in [1.29, 1.82) is 0 Å². The maximum absolute atomic E-state index is 12.3. The number of nitrogens with zero attached hydrogens (tertiary/aromatic N) is 1. The number of ether oxygens (including phenoxy) is 3. The highest BCUT2D eigenvalue weighted by atomic mass is 16.6. The molecule has 0 bridgehead atoms. The van der Waals surface area contributed by atoms with Crippen LogP contribution in [0, 0.1) is 0 Å². The lowest BCUT2D eigenvalue weighted by Crippen LogP contribution is -2.32. The van der Waals surface area contributed by atoms with Crippen LogP contribution in [0.3, 0.4) is 0 Å². The van der Waals surface area contributed by atoms with Gasteiger partial charge in [-0.05, 0) is 22.3 Å². The normalized spacial score (nSPS) is 12.0. The Morgan fingerprint density at radius 2 is 1.59 bits per heavy atom. The molecular formula is C23H25NO5. The lowest BCUT2D eigenvalue weighted by atomic mass is 9.98. The number of esters is 1. The Morgan fingerprint density at radius 1 is 0.966 bits per heavy atom. The molecule has 0 radical (unpaired) electrons. The van der Waals surface area contributed by atoms with Crippen LogP contribution in [0.15, 0.2) is 61.2 Å². The molecule has 0 fully saturated rings. The molecule has 0 spiro atoms. The van der Waals surface area contributed by atoms with Crippen molar-refractivity contribution in [3.63, 3.8) is 0 Å². The molecule has 3 rings (SSSR count). The SMILES string of the molecule is C=CC(=O)OCCOCCN(C)C(=O)OCC1c2ccccc2-c2ccccc21. The minimum Gasteiger partial charge on any atom is -0.460 e. The van der Waals surface area contributed by atoms with Crippen LogP contribution in [0.25, 0.3) is 11.1 Å². The summed E-state index contributed by atoms with van der Waals surface area (Å²) in [4.78, 5) is 24.7. The van der Waals surface area contributed by atoms with Crippen LogP contribution < -0.4 is 0 Å². The van der Waals surface area contributed by atoms with Gasteiger partial charge in [0.05, 0.1) is 13.2 Å². The highest BCUT2D eigenvalue weighted by Gasteiger charge is 2.29. The lowest BCUT2D eigenvalue weighted by Gasteiger charge is -2.19. The van der Waals surface area contributed by atoms with Gasteiger partial charge in [0.1, 0.15) is 13.2 Å². The van der Waals surface area contributed by atoms with Crippen LogP contribution in [0.2, 0.25) is 0 Å². The molecule has 0 unspecified atom stereocenters. The number of hydrogen-bond acceptors (Lipinski definition) is 5. The maximum Gasteiger partial charge on any atom is 0.409 e. The van der Waals surface area contributed by atoms with Crippen molar-refractivity contribution in [3.8, 4) is 11.1 Å². The van der Waals surface area contributed by atoms with Gasteiger partial charge in [-0.3, -0.25) is 0 Å². The predicted molar refractivity (Wildman–Crippen MR) is 110 cm³/mol. The third-order valence-corrected chi connectivity index (χ3v) is 4.86. The Hall–Kier alpha value is -3.12. The van der Waals surface area contributed by atoms with E-state index in [9.17, 15) is 9.59 Å².